The summed E-state index contributed by atoms with van der Waals surface area (Å²) >= 11 is 0. The normalized spacial score (nSPS) is 10.3. The fourth-order valence-electron chi connectivity index (χ4n) is 1.49. The smallest absolute Gasteiger partial charge is 0.134 e. The van der Waals surface area contributed by atoms with Gasteiger partial charge in [-0.2, -0.15) is 0 Å². The zero-order valence-corrected chi connectivity index (χ0v) is 8.17. The quantitative estimate of drug-likeness (QED) is 0.695. The number of halogens is 2. The highest BCUT2D eigenvalue weighted by Gasteiger charge is 2.11. The van der Waals surface area contributed by atoms with Gasteiger partial charge in [-0.1, -0.05) is 6.07 Å². The van der Waals surface area contributed by atoms with Crippen LogP contribution >= 0.6 is 0 Å². The van der Waals surface area contributed by atoms with E-state index in [-0.39, 0.29) is 5.56 Å². The van der Waals surface area contributed by atoms with Crippen molar-refractivity contribution in [1.82, 2.24) is 4.98 Å². The summed E-state index contributed by atoms with van der Waals surface area (Å²) in [6.45, 7) is 1.65. The molecular weight excluding hydrogens is 196 g/mol. The molecule has 0 aliphatic heterocycles. The predicted molar refractivity (Wildman–Crippen MR) is 54.3 cm³/mol. The predicted octanol–water partition coefficient (Wildman–Crippen LogP) is 3.34. The number of benzene rings is 1. The Morgan fingerprint density at radius 2 is 1.80 bits per heavy atom. The molecule has 0 radical (unpaired) electrons. The first kappa shape index (κ1) is 9.77. The van der Waals surface area contributed by atoms with Crippen LogP contribution in [0.4, 0.5) is 8.78 Å². The van der Waals surface area contributed by atoms with Crippen molar-refractivity contribution < 1.29 is 8.78 Å². The van der Waals surface area contributed by atoms with Crippen molar-refractivity contribution in [3.63, 3.8) is 0 Å². The Labute approximate surface area is 86.4 Å². The standard InChI is InChI=1S/C12H9F2N/c1-8-5-10(13)12(11(14)6-8)9-3-2-4-15-7-9/h2-7H,1H3. The third kappa shape index (κ3) is 1.86. The molecule has 1 nitrogen and oxygen atoms in total. The lowest BCUT2D eigenvalue weighted by molar-refractivity contribution is 0.587. The third-order valence-corrected chi connectivity index (χ3v) is 2.14. The Kier molecular flexibility index (Phi) is 2.46. The molecule has 1 heterocycles. The van der Waals surface area contributed by atoms with E-state index in [1.807, 2.05) is 0 Å². The molecule has 0 saturated carbocycles. The Morgan fingerprint density at radius 3 is 2.33 bits per heavy atom. The molecule has 0 unspecified atom stereocenters. The van der Waals surface area contributed by atoms with Crippen molar-refractivity contribution in [2.75, 3.05) is 0 Å². The average molecular weight is 205 g/mol. The van der Waals surface area contributed by atoms with Gasteiger partial charge in [-0.25, -0.2) is 8.78 Å². The van der Waals surface area contributed by atoms with E-state index in [1.165, 1.54) is 18.3 Å². The van der Waals surface area contributed by atoms with Crippen LogP contribution in [0.3, 0.4) is 0 Å². The van der Waals surface area contributed by atoms with Crippen LogP contribution in [0.5, 0.6) is 0 Å². The van der Waals surface area contributed by atoms with Gasteiger partial charge in [-0.3, -0.25) is 4.98 Å². The van der Waals surface area contributed by atoms with Gasteiger partial charge >= 0.3 is 0 Å². The van der Waals surface area contributed by atoms with Crippen LogP contribution in [0.2, 0.25) is 0 Å². The van der Waals surface area contributed by atoms with Crippen LogP contribution in [0.15, 0.2) is 36.7 Å². The van der Waals surface area contributed by atoms with E-state index < -0.39 is 11.6 Å². The molecule has 2 aromatic rings. The molecule has 0 fully saturated rings. The summed E-state index contributed by atoms with van der Waals surface area (Å²) in [6, 6.07) is 5.90. The van der Waals surface area contributed by atoms with Gasteiger partial charge in [0, 0.05) is 18.0 Å². The van der Waals surface area contributed by atoms with Crippen molar-refractivity contribution in [1.29, 1.82) is 0 Å². The van der Waals surface area contributed by atoms with Crippen LogP contribution < -0.4 is 0 Å². The fraction of sp³-hybridized carbons (Fsp3) is 0.0833. The molecule has 0 aliphatic carbocycles. The second kappa shape index (κ2) is 3.77. The number of pyridine rings is 1. The molecule has 0 bridgehead atoms. The van der Waals surface area contributed by atoms with Gasteiger partial charge in [-0.15, -0.1) is 0 Å². The van der Waals surface area contributed by atoms with Crippen molar-refractivity contribution in [3.8, 4) is 11.1 Å². The first-order valence-corrected chi connectivity index (χ1v) is 4.54. The van der Waals surface area contributed by atoms with E-state index >= 15 is 0 Å². The maximum Gasteiger partial charge on any atom is 0.134 e. The lowest BCUT2D eigenvalue weighted by Crippen LogP contribution is -1.92. The lowest BCUT2D eigenvalue weighted by atomic mass is 10.0. The topological polar surface area (TPSA) is 12.9 Å². The van der Waals surface area contributed by atoms with Gasteiger partial charge in [0.05, 0.1) is 5.56 Å². The van der Waals surface area contributed by atoms with Gasteiger partial charge in [0.15, 0.2) is 0 Å². The van der Waals surface area contributed by atoms with E-state index in [2.05, 4.69) is 4.98 Å². The van der Waals surface area contributed by atoms with E-state index in [1.54, 1.807) is 25.3 Å². The van der Waals surface area contributed by atoms with Crippen LogP contribution in [0.1, 0.15) is 5.56 Å². The summed E-state index contributed by atoms with van der Waals surface area (Å²) in [7, 11) is 0. The molecule has 1 aromatic carbocycles. The number of nitrogens with zero attached hydrogens (tertiary/aromatic N) is 1. The Bertz CT molecular complexity index is 457. The summed E-state index contributed by atoms with van der Waals surface area (Å²) < 4.78 is 27.1. The first-order valence-electron chi connectivity index (χ1n) is 4.54. The zero-order chi connectivity index (χ0) is 10.8. The molecule has 0 atom stereocenters. The van der Waals surface area contributed by atoms with Crippen LogP contribution in [-0.2, 0) is 0 Å². The first-order chi connectivity index (χ1) is 7.18. The molecule has 3 heteroatoms. The third-order valence-electron chi connectivity index (χ3n) is 2.14. The molecular formula is C12H9F2N. The largest absolute Gasteiger partial charge is 0.264 e. The molecule has 0 amide bonds. The maximum atomic E-state index is 13.5. The van der Waals surface area contributed by atoms with Gasteiger partial charge in [0.1, 0.15) is 11.6 Å². The van der Waals surface area contributed by atoms with Crippen molar-refractivity contribution in [3.05, 3.63) is 53.9 Å². The minimum absolute atomic E-state index is 0.0197. The molecule has 2 rings (SSSR count). The SMILES string of the molecule is Cc1cc(F)c(-c2cccnc2)c(F)c1. The highest BCUT2D eigenvalue weighted by Crippen LogP contribution is 2.26. The minimum atomic E-state index is -0.555. The molecule has 0 spiro atoms. The minimum Gasteiger partial charge on any atom is -0.264 e. The van der Waals surface area contributed by atoms with E-state index in [9.17, 15) is 8.78 Å². The Balaban J connectivity index is 2.64. The van der Waals surface area contributed by atoms with Crippen LogP contribution in [0.25, 0.3) is 11.1 Å². The average Bonchev–Trinajstić information content (AvgIpc) is 2.17. The lowest BCUT2D eigenvalue weighted by Gasteiger charge is -2.05. The molecule has 76 valence electrons. The van der Waals surface area contributed by atoms with E-state index in [0.29, 0.717) is 11.1 Å². The van der Waals surface area contributed by atoms with Crippen molar-refractivity contribution >= 4 is 0 Å². The summed E-state index contributed by atoms with van der Waals surface area (Å²) in [5, 5.41) is 0. The molecule has 0 saturated heterocycles. The molecule has 0 N–H and O–H groups in total. The highest BCUT2D eigenvalue weighted by atomic mass is 19.1. The second-order valence-corrected chi connectivity index (χ2v) is 3.35. The second-order valence-electron chi connectivity index (χ2n) is 3.35. The molecule has 0 aliphatic rings. The monoisotopic (exact) mass is 205 g/mol. The van der Waals surface area contributed by atoms with Crippen molar-refractivity contribution in [2.24, 2.45) is 0 Å². The maximum absolute atomic E-state index is 13.5. The van der Waals surface area contributed by atoms with E-state index in [0.717, 1.165) is 0 Å². The number of aromatic nitrogens is 1. The number of hydrogen-bond acceptors (Lipinski definition) is 1. The fourth-order valence-corrected chi connectivity index (χ4v) is 1.49. The molecule has 1 aromatic heterocycles. The Hall–Kier alpha value is -1.77. The summed E-state index contributed by atoms with van der Waals surface area (Å²) in [4.78, 5) is 3.83. The molecule has 15 heavy (non-hydrogen) atoms. The van der Waals surface area contributed by atoms with Gasteiger partial charge in [0.2, 0.25) is 0 Å². The number of hydrogen-bond donors (Lipinski definition) is 0. The zero-order valence-electron chi connectivity index (χ0n) is 8.17. The van der Waals surface area contributed by atoms with Crippen LogP contribution in [-0.4, -0.2) is 4.98 Å². The summed E-state index contributed by atoms with van der Waals surface area (Å²) in [5.74, 6) is -1.11. The van der Waals surface area contributed by atoms with Crippen molar-refractivity contribution in [2.45, 2.75) is 6.92 Å². The number of aryl methyl sites for hydroxylation is 1. The summed E-state index contributed by atoms with van der Waals surface area (Å²) in [5.41, 5.74) is 0.999. The Morgan fingerprint density at radius 1 is 1.13 bits per heavy atom. The highest BCUT2D eigenvalue weighted by molar-refractivity contribution is 5.64. The number of rotatable bonds is 1. The van der Waals surface area contributed by atoms with Crippen LogP contribution in [0, 0.1) is 18.6 Å². The van der Waals surface area contributed by atoms with Gasteiger partial charge in [0.25, 0.3) is 0 Å². The van der Waals surface area contributed by atoms with E-state index in [4.69, 9.17) is 0 Å². The summed E-state index contributed by atoms with van der Waals surface area (Å²) in [6.07, 6.45) is 3.00. The van der Waals surface area contributed by atoms with Gasteiger partial charge < -0.3 is 0 Å². The van der Waals surface area contributed by atoms with Gasteiger partial charge in [-0.05, 0) is 30.7 Å².